The van der Waals surface area contributed by atoms with Gasteiger partial charge in [-0.2, -0.15) is 0 Å². The maximum atomic E-state index is 11.7. The van der Waals surface area contributed by atoms with E-state index in [2.05, 4.69) is 31.7 Å². The Labute approximate surface area is 137 Å². The first kappa shape index (κ1) is 16.2. The summed E-state index contributed by atoms with van der Waals surface area (Å²) in [5.41, 5.74) is 4.04. The van der Waals surface area contributed by atoms with E-state index in [1.807, 2.05) is 0 Å². The quantitative estimate of drug-likeness (QED) is 0.869. The van der Waals surface area contributed by atoms with Crippen LogP contribution in [0.5, 0.6) is 0 Å². The van der Waals surface area contributed by atoms with Gasteiger partial charge in [-0.15, -0.1) is 6.58 Å². The molecule has 0 saturated carbocycles. The molecule has 4 nitrogen and oxygen atoms in total. The van der Waals surface area contributed by atoms with E-state index in [4.69, 9.17) is 9.84 Å². The van der Waals surface area contributed by atoms with Crippen LogP contribution in [0.25, 0.3) is 0 Å². The van der Waals surface area contributed by atoms with Gasteiger partial charge in [0.05, 0.1) is 12.7 Å². The molecule has 2 aliphatic rings. The number of amides is 1. The van der Waals surface area contributed by atoms with Crippen LogP contribution in [-0.4, -0.2) is 42.2 Å². The van der Waals surface area contributed by atoms with E-state index in [9.17, 15) is 4.79 Å². The zero-order valence-electron chi connectivity index (χ0n) is 13.8. The molecular weight excluding hydrogens is 290 g/mol. The van der Waals surface area contributed by atoms with E-state index < -0.39 is 6.61 Å². The predicted octanol–water partition coefficient (Wildman–Crippen LogP) is 2.49. The van der Waals surface area contributed by atoms with Gasteiger partial charge in [0, 0.05) is 18.5 Å². The van der Waals surface area contributed by atoms with Crippen LogP contribution in [0.3, 0.4) is 0 Å². The number of hydrogen-bond donors (Lipinski definition) is 1. The van der Waals surface area contributed by atoms with E-state index in [-0.39, 0.29) is 17.4 Å². The number of fused-ring (bicyclic) bond motifs is 2. The summed E-state index contributed by atoms with van der Waals surface area (Å²) in [5, 5.41) is 9.06. The number of hydrogen-bond acceptors (Lipinski definition) is 3. The molecule has 1 N–H and O–H groups in total. The van der Waals surface area contributed by atoms with Gasteiger partial charge in [0.25, 0.3) is 0 Å². The van der Waals surface area contributed by atoms with Crippen LogP contribution < -0.4 is 0 Å². The minimum absolute atomic E-state index is 0.0967. The average Bonchev–Trinajstić information content (AvgIpc) is 2.86. The second-order valence-corrected chi connectivity index (χ2v) is 6.72. The molecular formula is C19H25NO3. The molecule has 1 saturated heterocycles. The summed E-state index contributed by atoms with van der Waals surface area (Å²) < 4.78 is 6.00. The fraction of sp³-hybridized carbons (Fsp3) is 0.526. The molecule has 1 fully saturated rings. The Morgan fingerprint density at radius 2 is 2.22 bits per heavy atom. The first-order chi connectivity index (χ1) is 11.1. The number of carbonyl (C=O) groups excluding carboxylic acids is 1. The lowest BCUT2D eigenvalue weighted by molar-refractivity contribution is -0.135. The minimum Gasteiger partial charge on any atom is -0.387 e. The molecule has 0 aromatic heterocycles. The summed E-state index contributed by atoms with van der Waals surface area (Å²) in [4.78, 5) is 13.5. The Hall–Kier alpha value is -1.65. The van der Waals surface area contributed by atoms with Crippen molar-refractivity contribution in [2.75, 3.05) is 26.3 Å². The third-order valence-electron chi connectivity index (χ3n) is 5.33. The Balaban J connectivity index is 1.85. The third kappa shape index (κ3) is 2.93. The zero-order chi connectivity index (χ0) is 16.4. The van der Waals surface area contributed by atoms with Gasteiger partial charge in [-0.25, -0.2) is 0 Å². The van der Waals surface area contributed by atoms with Crippen LogP contribution in [0.4, 0.5) is 0 Å². The number of rotatable bonds is 4. The highest BCUT2D eigenvalue weighted by Gasteiger charge is 2.46. The van der Waals surface area contributed by atoms with Crippen molar-refractivity contribution < 1.29 is 14.6 Å². The lowest BCUT2D eigenvalue weighted by Gasteiger charge is -2.40. The molecule has 1 heterocycles. The Kier molecular flexibility index (Phi) is 4.55. The van der Waals surface area contributed by atoms with Crippen LogP contribution in [0, 0.1) is 6.92 Å². The van der Waals surface area contributed by atoms with Gasteiger partial charge in [0.2, 0.25) is 5.91 Å². The molecule has 1 aliphatic carbocycles. The SMILES string of the molecule is C=CCOC1CC2(CCN(C(=O)CO)CC2)c2cc(C)ccc21. The molecule has 0 radical (unpaired) electrons. The number of benzene rings is 1. The fourth-order valence-electron chi connectivity index (χ4n) is 4.08. The largest absolute Gasteiger partial charge is 0.387 e. The lowest BCUT2D eigenvalue weighted by atomic mass is 9.73. The first-order valence-corrected chi connectivity index (χ1v) is 8.32. The number of carbonyl (C=O) groups is 1. The third-order valence-corrected chi connectivity index (χ3v) is 5.33. The van der Waals surface area contributed by atoms with E-state index in [1.165, 1.54) is 16.7 Å². The predicted molar refractivity (Wildman–Crippen MR) is 89.3 cm³/mol. The maximum Gasteiger partial charge on any atom is 0.248 e. The number of aliphatic hydroxyl groups excluding tert-OH is 1. The molecule has 4 heteroatoms. The average molecular weight is 315 g/mol. The van der Waals surface area contributed by atoms with Gasteiger partial charge in [0.1, 0.15) is 6.61 Å². The summed E-state index contributed by atoms with van der Waals surface area (Å²) in [6.45, 7) is 7.45. The smallest absolute Gasteiger partial charge is 0.248 e. The second kappa shape index (κ2) is 6.46. The van der Waals surface area contributed by atoms with Crippen molar-refractivity contribution in [1.82, 2.24) is 4.90 Å². The molecule has 1 atom stereocenters. The number of ether oxygens (including phenoxy) is 1. The van der Waals surface area contributed by atoms with Crippen LogP contribution in [0.2, 0.25) is 0 Å². The van der Waals surface area contributed by atoms with Gasteiger partial charge in [0.15, 0.2) is 0 Å². The summed E-state index contributed by atoms with van der Waals surface area (Å²) in [7, 11) is 0. The topological polar surface area (TPSA) is 49.8 Å². The molecule has 1 spiro atoms. The molecule has 23 heavy (non-hydrogen) atoms. The summed E-state index contributed by atoms with van der Waals surface area (Å²) >= 11 is 0. The van der Waals surface area contributed by atoms with Crippen LogP contribution in [0.1, 0.15) is 42.1 Å². The number of likely N-dealkylation sites (tertiary alicyclic amines) is 1. The standard InChI is InChI=1S/C19H25NO3/c1-3-10-23-17-12-19(16-11-14(2)4-5-15(16)17)6-8-20(9-7-19)18(22)13-21/h3-5,11,17,21H,1,6-10,12-13H2,2H3. The van der Waals surface area contributed by atoms with E-state index in [0.717, 1.165) is 19.3 Å². The highest BCUT2D eigenvalue weighted by atomic mass is 16.5. The molecule has 1 unspecified atom stereocenters. The Bertz CT molecular complexity index is 603. The van der Waals surface area contributed by atoms with Crippen LogP contribution >= 0.6 is 0 Å². The molecule has 1 aliphatic heterocycles. The van der Waals surface area contributed by atoms with Crippen molar-refractivity contribution in [3.05, 3.63) is 47.5 Å². The maximum absolute atomic E-state index is 11.7. The van der Waals surface area contributed by atoms with Gasteiger partial charge >= 0.3 is 0 Å². The van der Waals surface area contributed by atoms with Crippen LogP contribution in [-0.2, 0) is 14.9 Å². The highest BCUT2D eigenvalue weighted by molar-refractivity contribution is 5.77. The molecule has 1 aromatic carbocycles. The molecule has 124 valence electrons. The normalized spacial score (nSPS) is 22.2. The first-order valence-electron chi connectivity index (χ1n) is 8.32. The Morgan fingerprint density at radius 1 is 1.48 bits per heavy atom. The summed E-state index contributed by atoms with van der Waals surface area (Å²) in [6, 6.07) is 6.63. The summed E-state index contributed by atoms with van der Waals surface area (Å²) in [5.74, 6) is -0.165. The Morgan fingerprint density at radius 3 is 2.87 bits per heavy atom. The molecule has 3 rings (SSSR count). The van der Waals surface area contributed by atoms with Crippen molar-refractivity contribution in [2.45, 2.75) is 37.7 Å². The van der Waals surface area contributed by atoms with E-state index in [1.54, 1.807) is 11.0 Å². The van der Waals surface area contributed by atoms with Crippen molar-refractivity contribution in [1.29, 1.82) is 0 Å². The van der Waals surface area contributed by atoms with Gasteiger partial charge in [-0.3, -0.25) is 4.79 Å². The zero-order valence-corrected chi connectivity index (χ0v) is 13.8. The van der Waals surface area contributed by atoms with Crippen molar-refractivity contribution in [3.8, 4) is 0 Å². The van der Waals surface area contributed by atoms with E-state index >= 15 is 0 Å². The fourth-order valence-corrected chi connectivity index (χ4v) is 4.08. The highest BCUT2D eigenvalue weighted by Crippen LogP contribution is 2.52. The van der Waals surface area contributed by atoms with Crippen molar-refractivity contribution in [2.24, 2.45) is 0 Å². The van der Waals surface area contributed by atoms with Crippen LogP contribution in [0.15, 0.2) is 30.9 Å². The number of piperidine rings is 1. The van der Waals surface area contributed by atoms with Crippen molar-refractivity contribution in [3.63, 3.8) is 0 Å². The molecule has 1 amide bonds. The van der Waals surface area contributed by atoms with Gasteiger partial charge < -0.3 is 14.7 Å². The minimum atomic E-state index is -0.395. The van der Waals surface area contributed by atoms with Gasteiger partial charge in [-0.05, 0) is 37.3 Å². The number of aliphatic hydroxyl groups is 1. The molecule has 1 aromatic rings. The number of aryl methyl sites for hydroxylation is 1. The lowest BCUT2D eigenvalue weighted by Crippen LogP contribution is -2.45. The molecule has 0 bridgehead atoms. The van der Waals surface area contributed by atoms with Gasteiger partial charge in [-0.1, -0.05) is 29.8 Å². The monoisotopic (exact) mass is 315 g/mol. The second-order valence-electron chi connectivity index (χ2n) is 6.72. The van der Waals surface area contributed by atoms with E-state index in [0.29, 0.717) is 19.7 Å². The number of nitrogens with zero attached hydrogens (tertiary/aromatic N) is 1. The summed E-state index contributed by atoms with van der Waals surface area (Å²) in [6.07, 6.45) is 4.75. The van der Waals surface area contributed by atoms with Crippen molar-refractivity contribution >= 4 is 5.91 Å².